The summed E-state index contributed by atoms with van der Waals surface area (Å²) in [5.41, 5.74) is 1.11. The van der Waals surface area contributed by atoms with E-state index in [9.17, 15) is 4.79 Å². The van der Waals surface area contributed by atoms with Crippen LogP contribution in [0.25, 0.3) is 10.9 Å². The molecule has 0 saturated heterocycles. The van der Waals surface area contributed by atoms with E-state index in [4.69, 9.17) is 0 Å². The van der Waals surface area contributed by atoms with E-state index in [0.29, 0.717) is 4.60 Å². The van der Waals surface area contributed by atoms with Crippen LogP contribution in [0, 0.1) is 0 Å². The van der Waals surface area contributed by atoms with Crippen molar-refractivity contribution in [3.05, 3.63) is 22.6 Å². The van der Waals surface area contributed by atoms with E-state index in [2.05, 4.69) is 30.7 Å². The van der Waals surface area contributed by atoms with Gasteiger partial charge in [-0.2, -0.15) is 5.10 Å². The van der Waals surface area contributed by atoms with E-state index >= 15 is 0 Å². The Kier molecular flexibility index (Phi) is 2.44. The van der Waals surface area contributed by atoms with Crippen LogP contribution < -0.4 is 0 Å². The molecule has 15 heavy (non-hydrogen) atoms. The van der Waals surface area contributed by atoms with Gasteiger partial charge in [0.25, 0.3) is 0 Å². The molecule has 0 amide bonds. The predicted octanol–water partition coefficient (Wildman–Crippen LogP) is 1.52. The second-order valence-electron chi connectivity index (χ2n) is 2.99. The smallest absolute Gasteiger partial charge is 0.356 e. The molecule has 0 atom stereocenters. The SMILES string of the molecule is COC(=O)c1cc2c(cn1)c(Br)nn2C. The van der Waals surface area contributed by atoms with Crippen molar-refractivity contribution in [1.82, 2.24) is 14.8 Å². The average molecular weight is 270 g/mol. The summed E-state index contributed by atoms with van der Waals surface area (Å²) in [4.78, 5) is 15.2. The van der Waals surface area contributed by atoms with Crippen molar-refractivity contribution in [2.75, 3.05) is 7.11 Å². The van der Waals surface area contributed by atoms with Gasteiger partial charge in [0.1, 0.15) is 4.60 Å². The van der Waals surface area contributed by atoms with E-state index in [1.54, 1.807) is 24.0 Å². The minimum Gasteiger partial charge on any atom is -0.464 e. The van der Waals surface area contributed by atoms with Crippen LogP contribution in [-0.2, 0) is 11.8 Å². The maximum absolute atomic E-state index is 11.2. The molecule has 0 bridgehead atoms. The first-order chi connectivity index (χ1) is 7.13. The van der Waals surface area contributed by atoms with Gasteiger partial charge in [-0.25, -0.2) is 9.78 Å². The Morgan fingerprint density at radius 2 is 2.33 bits per heavy atom. The molecule has 0 radical (unpaired) electrons. The third-order valence-electron chi connectivity index (χ3n) is 2.09. The summed E-state index contributed by atoms with van der Waals surface area (Å²) in [6, 6.07) is 1.65. The number of nitrogens with zero attached hydrogens (tertiary/aromatic N) is 3. The van der Waals surface area contributed by atoms with Crippen molar-refractivity contribution >= 4 is 32.8 Å². The molecule has 6 heteroatoms. The summed E-state index contributed by atoms with van der Waals surface area (Å²) < 4.78 is 6.98. The minimum absolute atomic E-state index is 0.278. The number of hydrogen-bond donors (Lipinski definition) is 0. The van der Waals surface area contributed by atoms with Gasteiger partial charge in [0.05, 0.1) is 18.0 Å². The molecule has 0 fully saturated rings. The first-order valence-corrected chi connectivity index (χ1v) is 4.99. The standard InChI is InChI=1S/C9H8BrN3O2/c1-13-7-3-6(9(14)15-2)11-4-5(7)8(10)12-13/h3-4H,1-2H3. The molecule has 2 heterocycles. The zero-order chi connectivity index (χ0) is 11.0. The number of aromatic nitrogens is 3. The van der Waals surface area contributed by atoms with Gasteiger partial charge >= 0.3 is 5.97 Å². The molecule has 0 aliphatic carbocycles. The number of fused-ring (bicyclic) bond motifs is 1. The number of carbonyl (C=O) groups excluding carboxylic acids is 1. The molecule has 0 N–H and O–H groups in total. The average Bonchev–Trinajstić information content (AvgIpc) is 2.53. The van der Waals surface area contributed by atoms with Crippen LogP contribution in [0.5, 0.6) is 0 Å². The lowest BCUT2D eigenvalue weighted by molar-refractivity contribution is 0.0594. The molecule has 78 valence electrons. The summed E-state index contributed by atoms with van der Waals surface area (Å²) in [6.45, 7) is 0. The Balaban J connectivity index is 2.65. The van der Waals surface area contributed by atoms with Gasteiger partial charge in [0.2, 0.25) is 0 Å². The molecule has 2 aromatic heterocycles. The fourth-order valence-electron chi connectivity index (χ4n) is 1.33. The molecule has 0 aliphatic heterocycles. The van der Waals surface area contributed by atoms with Crippen molar-refractivity contribution in [2.24, 2.45) is 7.05 Å². The summed E-state index contributed by atoms with van der Waals surface area (Å²) in [5.74, 6) is -0.450. The highest BCUT2D eigenvalue weighted by Crippen LogP contribution is 2.22. The Morgan fingerprint density at radius 3 is 3.00 bits per heavy atom. The molecule has 2 aromatic rings. The van der Waals surface area contributed by atoms with Gasteiger partial charge in [0, 0.05) is 13.2 Å². The van der Waals surface area contributed by atoms with E-state index in [1.807, 2.05) is 0 Å². The Bertz CT molecular complexity index is 535. The first kappa shape index (κ1) is 10.1. The number of rotatable bonds is 1. The monoisotopic (exact) mass is 269 g/mol. The van der Waals surface area contributed by atoms with Gasteiger partial charge in [-0.3, -0.25) is 4.68 Å². The quantitative estimate of drug-likeness (QED) is 0.737. The molecule has 0 aromatic carbocycles. The highest BCUT2D eigenvalue weighted by Gasteiger charge is 2.12. The largest absolute Gasteiger partial charge is 0.464 e. The molecule has 0 unspecified atom stereocenters. The van der Waals surface area contributed by atoms with Crippen LogP contribution in [0.2, 0.25) is 0 Å². The molecule has 2 rings (SSSR count). The zero-order valence-corrected chi connectivity index (χ0v) is 9.78. The number of carbonyl (C=O) groups is 1. The van der Waals surface area contributed by atoms with Crippen molar-refractivity contribution in [1.29, 1.82) is 0 Å². The van der Waals surface area contributed by atoms with Crippen molar-refractivity contribution in [2.45, 2.75) is 0 Å². The third kappa shape index (κ3) is 1.61. The van der Waals surface area contributed by atoms with Gasteiger partial charge in [-0.05, 0) is 22.0 Å². The lowest BCUT2D eigenvalue weighted by atomic mass is 10.3. The number of pyridine rings is 1. The van der Waals surface area contributed by atoms with Crippen LogP contribution in [0.15, 0.2) is 16.9 Å². The van der Waals surface area contributed by atoms with Gasteiger partial charge < -0.3 is 4.74 Å². The number of esters is 1. The lowest BCUT2D eigenvalue weighted by Crippen LogP contribution is -2.04. The highest BCUT2D eigenvalue weighted by molar-refractivity contribution is 9.10. The number of aryl methyl sites for hydroxylation is 1. The molecular weight excluding hydrogens is 262 g/mol. The zero-order valence-electron chi connectivity index (χ0n) is 8.19. The van der Waals surface area contributed by atoms with Crippen molar-refractivity contribution in [3.63, 3.8) is 0 Å². The van der Waals surface area contributed by atoms with Crippen LogP contribution >= 0.6 is 15.9 Å². The van der Waals surface area contributed by atoms with Crippen molar-refractivity contribution in [3.8, 4) is 0 Å². The Morgan fingerprint density at radius 1 is 1.60 bits per heavy atom. The molecular formula is C9H8BrN3O2. The number of ether oxygens (including phenoxy) is 1. The summed E-state index contributed by atoms with van der Waals surface area (Å²) >= 11 is 3.31. The molecule has 5 nitrogen and oxygen atoms in total. The van der Waals surface area contributed by atoms with E-state index in [-0.39, 0.29) is 5.69 Å². The highest BCUT2D eigenvalue weighted by atomic mass is 79.9. The van der Waals surface area contributed by atoms with Crippen molar-refractivity contribution < 1.29 is 9.53 Å². The predicted molar refractivity (Wildman–Crippen MR) is 57.5 cm³/mol. The third-order valence-corrected chi connectivity index (χ3v) is 2.67. The van der Waals surface area contributed by atoms with Gasteiger partial charge in [-0.1, -0.05) is 0 Å². The van der Waals surface area contributed by atoms with Gasteiger partial charge in [-0.15, -0.1) is 0 Å². The Hall–Kier alpha value is -1.43. The fourth-order valence-corrected chi connectivity index (χ4v) is 1.87. The second kappa shape index (κ2) is 3.62. The topological polar surface area (TPSA) is 57.0 Å². The number of hydrogen-bond acceptors (Lipinski definition) is 4. The van der Waals surface area contributed by atoms with Crippen LogP contribution in [0.1, 0.15) is 10.5 Å². The van der Waals surface area contributed by atoms with Gasteiger partial charge in [0.15, 0.2) is 5.69 Å². The minimum atomic E-state index is -0.450. The van der Waals surface area contributed by atoms with Crippen LogP contribution in [-0.4, -0.2) is 27.8 Å². The summed E-state index contributed by atoms with van der Waals surface area (Å²) in [6.07, 6.45) is 1.60. The fraction of sp³-hybridized carbons (Fsp3) is 0.222. The maximum atomic E-state index is 11.2. The Labute approximate surface area is 94.2 Å². The number of halogens is 1. The number of methoxy groups -OCH3 is 1. The molecule has 0 spiro atoms. The van der Waals surface area contributed by atoms with E-state index in [1.165, 1.54) is 7.11 Å². The summed E-state index contributed by atoms with van der Waals surface area (Å²) in [7, 11) is 3.13. The lowest BCUT2D eigenvalue weighted by Gasteiger charge is -1.98. The second-order valence-corrected chi connectivity index (χ2v) is 3.74. The first-order valence-electron chi connectivity index (χ1n) is 4.20. The van der Waals surface area contributed by atoms with Crippen LogP contribution in [0.3, 0.4) is 0 Å². The maximum Gasteiger partial charge on any atom is 0.356 e. The van der Waals surface area contributed by atoms with E-state index in [0.717, 1.165) is 10.9 Å². The molecule has 0 aliphatic rings. The normalized spacial score (nSPS) is 10.6. The van der Waals surface area contributed by atoms with E-state index < -0.39 is 5.97 Å². The van der Waals surface area contributed by atoms with Crippen LogP contribution in [0.4, 0.5) is 0 Å². The molecule has 0 saturated carbocycles. The summed E-state index contributed by atoms with van der Waals surface area (Å²) in [5, 5.41) is 5.02.